The maximum absolute atomic E-state index is 5.14. The number of hydrogen-bond donors (Lipinski definition) is 1. The normalized spacial score (nSPS) is 25.1. The molecule has 4 rings (SSSR count). The Morgan fingerprint density at radius 3 is 1.93 bits per heavy atom. The van der Waals surface area contributed by atoms with Gasteiger partial charge in [-0.1, -0.05) is 0 Å². The van der Waals surface area contributed by atoms with Gasteiger partial charge in [-0.15, -0.1) is 0 Å². The van der Waals surface area contributed by atoms with E-state index in [9.17, 15) is 0 Å². The van der Waals surface area contributed by atoms with E-state index >= 15 is 0 Å². The first-order chi connectivity index (χ1) is 14.1. The summed E-state index contributed by atoms with van der Waals surface area (Å²) in [4.78, 5) is 3.59. The molecule has 29 heavy (non-hydrogen) atoms. The predicted octanol–water partition coefficient (Wildman–Crippen LogP) is 3.88. The fourth-order valence-corrected chi connectivity index (χ4v) is 57.7. The zero-order valence-corrected chi connectivity index (χ0v) is 22.8. The van der Waals surface area contributed by atoms with Crippen LogP contribution in [-0.2, 0) is 6.42 Å². The molecule has 0 spiro atoms. The Hall–Kier alpha value is -0.452. The van der Waals surface area contributed by atoms with Crippen molar-refractivity contribution in [2.75, 3.05) is 6.54 Å². The molecule has 1 heterocycles. The van der Waals surface area contributed by atoms with Crippen molar-refractivity contribution in [3.05, 3.63) is 96.6 Å². The Morgan fingerprint density at radius 1 is 0.759 bits per heavy atom. The number of rotatable bonds is 6. The van der Waals surface area contributed by atoms with Crippen LogP contribution in [0.1, 0.15) is 12.0 Å². The molecule has 2 nitrogen and oxygen atoms in total. The van der Waals surface area contributed by atoms with Gasteiger partial charge in [0.25, 0.3) is 0 Å². The van der Waals surface area contributed by atoms with E-state index in [-0.39, 0.29) is 0 Å². The second-order valence-corrected chi connectivity index (χ2v) is 35.2. The van der Waals surface area contributed by atoms with Crippen molar-refractivity contribution in [3.63, 3.8) is 0 Å². The molecule has 1 fully saturated rings. The fraction of sp³-hybridized carbons (Fsp3) is 0.136. The predicted molar refractivity (Wildman–Crippen MR) is 133 cm³/mol. The van der Waals surface area contributed by atoms with Gasteiger partial charge < -0.3 is 0 Å². The molecule has 1 aliphatic rings. The Labute approximate surface area is 195 Å². The molecule has 2 atom stereocenters. The Morgan fingerprint density at radius 2 is 1.31 bits per heavy atom. The third-order valence-electron chi connectivity index (χ3n) is 4.68. The Kier molecular flexibility index (Phi) is 7.34. The van der Waals surface area contributed by atoms with Gasteiger partial charge >= 0.3 is 197 Å². The number of hydrogen-bond acceptors (Lipinski definition) is 1. The summed E-state index contributed by atoms with van der Waals surface area (Å²) < 4.78 is -1.59. The number of nitrogens with zero attached hydrogens (tertiary/aromatic N) is 1. The molecule has 0 bridgehead atoms. The monoisotopic (exact) mass is 616 g/mol. The molecule has 0 radical (unpaired) electrons. The zero-order valence-electron chi connectivity index (χ0n) is 15.8. The Balaban J connectivity index is 1.58. The van der Waals surface area contributed by atoms with E-state index < -0.39 is 9.43 Å². The van der Waals surface area contributed by atoms with Crippen molar-refractivity contribution < 1.29 is 0 Å². The van der Waals surface area contributed by atoms with Crippen LogP contribution in [0.2, 0.25) is 0 Å². The van der Waals surface area contributed by atoms with Gasteiger partial charge in [-0.3, -0.25) is 0 Å². The molecule has 0 aromatic heterocycles. The third-order valence-corrected chi connectivity index (χ3v) is 40.4. The molecule has 3 aromatic rings. The SMILES string of the molecule is [Se-][P+]1(c2ccccc2)NC(=NCCCc2ccccc2)[P+]([Se-])(c2ccccc2)[Se]1. The minimum absolute atomic E-state index is 0.390. The van der Waals surface area contributed by atoms with E-state index in [0.717, 1.165) is 19.4 Å². The molecular weight excluding hydrogens is 591 g/mol. The molecule has 1 aliphatic heterocycles. The molecule has 148 valence electrons. The first-order valence-electron chi connectivity index (χ1n) is 9.50. The topological polar surface area (TPSA) is 24.4 Å². The van der Waals surface area contributed by atoms with E-state index in [0.29, 0.717) is 14.1 Å². The number of amidine groups is 1. The Bertz CT molecular complexity index is 973. The summed E-state index contributed by atoms with van der Waals surface area (Å²) in [5.74, 6) is 0. The van der Waals surface area contributed by atoms with Crippen LogP contribution in [0.4, 0.5) is 0 Å². The van der Waals surface area contributed by atoms with Crippen molar-refractivity contribution in [1.82, 2.24) is 5.09 Å². The van der Waals surface area contributed by atoms with Crippen LogP contribution < -0.4 is 15.7 Å². The van der Waals surface area contributed by atoms with Crippen LogP contribution in [0, 0.1) is 0 Å². The summed E-state index contributed by atoms with van der Waals surface area (Å²) in [7, 11) is 0. The third kappa shape index (κ3) is 5.07. The van der Waals surface area contributed by atoms with Gasteiger partial charge in [-0.25, -0.2) is 0 Å². The van der Waals surface area contributed by atoms with Crippen molar-refractivity contribution >= 4 is 70.8 Å². The number of aryl methyl sites for hydroxylation is 1. The van der Waals surface area contributed by atoms with Crippen molar-refractivity contribution in [2.24, 2.45) is 4.99 Å². The molecule has 0 saturated carbocycles. The summed E-state index contributed by atoms with van der Waals surface area (Å²) in [5, 5.41) is 6.75. The molecule has 3 aromatic carbocycles. The van der Waals surface area contributed by atoms with E-state index in [1.807, 2.05) is 0 Å². The second kappa shape index (κ2) is 9.78. The van der Waals surface area contributed by atoms with Gasteiger partial charge in [-0.05, 0) is 0 Å². The van der Waals surface area contributed by atoms with Gasteiger partial charge in [0.1, 0.15) is 0 Å². The van der Waals surface area contributed by atoms with E-state index in [1.54, 1.807) is 0 Å². The van der Waals surface area contributed by atoms with Crippen LogP contribution in [0.3, 0.4) is 0 Å². The van der Waals surface area contributed by atoms with Gasteiger partial charge in [0, 0.05) is 0 Å². The van der Waals surface area contributed by atoms with Crippen molar-refractivity contribution in [1.29, 1.82) is 0 Å². The summed E-state index contributed by atoms with van der Waals surface area (Å²) in [6.45, 7) is 0.859. The molecule has 2 unspecified atom stereocenters. The van der Waals surface area contributed by atoms with E-state index in [4.69, 9.17) is 4.99 Å². The molecule has 0 amide bonds. The van der Waals surface area contributed by atoms with Crippen molar-refractivity contribution in [2.45, 2.75) is 12.8 Å². The summed E-state index contributed by atoms with van der Waals surface area (Å²) in [5.41, 5.74) is 2.60. The van der Waals surface area contributed by atoms with Gasteiger partial charge in [0.15, 0.2) is 0 Å². The fourth-order valence-electron chi connectivity index (χ4n) is 3.19. The quantitative estimate of drug-likeness (QED) is 0.255. The van der Waals surface area contributed by atoms with Crippen LogP contribution in [-0.4, -0.2) is 57.3 Å². The standard InChI is InChI=1S/C22H22N2P2Se3/c27-25(20-14-6-2-7-15-20)22(23-18-10-13-19-11-4-1-5-12-19)24-26(28,29-25)21-16-8-3-9-17-21/h1-9,11-12,14-17H,10,13,18H2,(H,23,24,28). The van der Waals surface area contributed by atoms with Crippen molar-refractivity contribution in [3.8, 4) is 0 Å². The molecule has 1 saturated heterocycles. The average molecular weight is 613 g/mol. The van der Waals surface area contributed by atoms with E-state index in [1.165, 1.54) is 21.7 Å². The molecule has 1 N–H and O–H groups in total. The van der Waals surface area contributed by atoms with Crippen LogP contribution in [0.15, 0.2) is 96.0 Å². The van der Waals surface area contributed by atoms with Gasteiger partial charge in [0.05, 0.1) is 0 Å². The number of nitrogens with one attached hydrogen (secondary N) is 1. The second-order valence-electron chi connectivity index (χ2n) is 6.76. The summed E-state index contributed by atoms with van der Waals surface area (Å²) in [6.07, 6.45) is 2.14. The molecule has 0 aliphatic carbocycles. The first-order valence-corrected chi connectivity index (χ1v) is 21.9. The molecular formula is C22H22N2P2Se3. The number of benzene rings is 3. The zero-order chi connectivity index (χ0) is 20.2. The molecule has 7 heteroatoms. The minimum atomic E-state index is -1.59. The number of aliphatic imine (C=N–C) groups is 1. The average Bonchev–Trinajstić information content (AvgIpc) is 3.05. The summed E-state index contributed by atoms with van der Waals surface area (Å²) in [6, 6.07) is 32.5. The van der Waals surface area contributed by atoms with Crippen LogP contribution in [0.25, 0.3) is 0 Å². The summed E-state index contributed by atoms with van der Waals surface area (Å²) >= 11 is 7.64. The van der Waals surface area contributed by atoms with Gasteiger partial charge in [-0.2, -0.15) is 0 Å². The maximum atomic E-state index is 5.14. The van der Waals surface area contributed by atoms with Gasteiger partial charge in [0.2, 0.25) is 0 Å². The first kappa shape index (κ1) is 21.8. The van der Waals surface area contributed by atoms with Crippen LogP contribution in [0.5, 0.6) is 0 Å². The van der Waals surface area contributed by atoms with Crippen LogP contribution >= 0.6 is 9.43 Å². The van der Waals surface area contributed by atoms with E-state index in [2.05, 4.69) is 127 Å².